The van der Waals surface area contributed by atoms with Crippen molar-refractivity contribution >= 4 is 23.3 Å². The van der Waals surface area contributed by atoms with Gasteiger partial charge in [-0.15, -0.1) is 10.2 Å². The van der Waals surface area contributed by atoms with Crippen LogP contribution in [0.3, 0.4) is 0 Å². The summed E-state index contributed by atoms with van der Waals surface area (Å²) in [4.78, 5) is 21.9. The molecule has 1 saturated heterocycles. The number of nitrogens with zero attached hydrogens (tertiary/aromatic N) is 7. The monoisotopic (exact) mass is 479 g/mol. The van der Waals surface area contributed by atoms with Crippen LogP contribution in [0.15, 0.2) is 46.3 Å². The zero-order valence-corrected chi connectivity index (χ0v) is 20.6. The number of carbonyl (C=O) groups is 1. The Kier molecular flexibility index (Phi) is 6.42. The number of amides is 1. The summed E-state index contributed by atoms with van der Waals surface area (Å²) in [5.74, 6) is 1.85. The summed E-state index contributed by atoms with van der Waals surface area (Å²) in [5.41, 5.74) is 4.49. The van der Waals surface area contributed by atoms with Crippen LogP contribution in [0.1, 0.15) is 23.9 Å². The third-order valence-electron chi connectivity index (χ3n) is 6.26. The van der Waals surface area contributed by atoms with Gasteiger partial charge in [-0.05, 0) is 44.5 Å². The molecule has 5 heterocycles. The summed E-state index contributed by atoms with van der Waals surface area (Å²) in [6.45, 7) is 10.9. The molecule has 0 bridgehead atoms. The number of hydrogen-bond donors (Lipinski definition) is 0. The zero-order chi connectivity index (χ0) is 23.7. The maximum Gasteiger partial charge on any atom is 0.233 e. The predicted molar refractivity (Wildman–Crippen MR) is 131 cm³/mol. The molecule has 0 N–H and O–H groups in total. The van der Waals surface area contributed by atoms with E-state index in [1.807, 2.05) is 28.5 Å². The Morgan fingerprint density at radius 3 is 2.68 bits per heavy atom. The maximum absolute atomic E-state index is 12.9. The van der Waals surface area contributed by atoms with Crippen molar-refractivity contribution < 1.29 is 9.21 Å². The van der Waals surface area contributed by atoms with Gasteiger partial charge in [0.25, 0.3) is 0 Å². The van der Waals surface area contributed by atoms with Crippen LogP contribution in [0.25, 0.3) is 17.2 Å². The second-order valence-corrected chi connectivity index (χ2v) is 9.49. The van der Waals surface area contributed by atoms with Crippen LogP contribution in [0, 0.1) is 13.8 Å². The highest BCUT2D eigenvalue weighted by Gasteiger charge is 2.24. The summed E-state index contributed by atoms with van der Waals surface area (Å²) in [6, 6.07) is 7.86. The van der Waals surface area contributed by atoms with Crippen molar-refractivity contribution in [2.24, 2.45) is 0 Å². The summed E-state index contributed by atoms with van der Waals surface area (Å²) in [6.07, 6.45) is 3.77. The van der Waals surface area contributed by atoms with Crippen molar-refractivity contribution in [1.82, 2.24) is 33.9 Å². The lowest BCUT2D eigenvalue weighted by atomic mass is 10.2. The minimum absolute atomic E-state index is 0.136. The Morgan fingerprint density at radius 1 is 1.12 bits per heavy atom. The van der Waals surface area contributed by atoms with Crippen LogP contribution in [0.5, 0.6) is 0 Å². The minimum atomic E-state index is 0.136. The average molecular weight is 480 g/mol. The number of furan rings is 1. The molecule has 0 atom stereocenters. The van der Waals surface area contributed by atoms with E-state index in [-0.39, 0.29) is 5.91 Å². The van der Waals surface area contributed by atoms with Crippen molar-refractivity contribution in [3.05, 3.63) is 53.7 Å². The van der Waals surface area contributed by atoms with Gasteiger partial charge in [0, 0.05) is 45.5 Å². The predicted octanol–water partition coefficient (Wildman–Crippen LogP) is 3.26. The van der Waals surface area contributed by atoms with E-state index in [1.165, 1.54) is 23.0 Å². The molecule has 34 heavy (non-hydrogen) atoms. The van der Waals surface area contributed by atoms with Crippen molar-refractivity contribution in [2.75, 3.05) is 31.9 Å². The van der Waals surface area contributed by atoms with Gasteiger partial charge in [0.2, 0.25) is 5.91 Å². The first kappa shape index (κ1) is 22.7. The number of aryl methyl sites for hydroxylation is 2. The SMILES string of the molecule is CCn1c(SCC(=O)N2CCN(Cc3c(C)nc4ccc(C)cn34)CC2)nnc1-c1ccco1. The minimum Gasteiger partial charge on any atom is -0.461 e. The van der Waals surface area contributed by atoms with E-state index >= 15 is 0 Å². The topological polar surface area (TPSA) is 84.7 Å². The lowest BCUT2D eigenvalue weighted by molar-refractivity contribution is -0.130. The molecule has 5 rings (SSSR count). The Bertz CT molecular complexity index is 1290. The van der Waals surface area contributed by atoms with Crippen LogP contribution in [-0.4, -0.2) is 71.8 Å². The number of hydrogen-bond acceptors (Lipinski definition) is 7. The van der Waals surface area contributed by atoms with E-state index < -0.39 is 0 Å². The third-order valence-corrected chi connectivity index (χ3v) is 7.21. The van der Waals surface area contributed by atoms with Gasteiger partial charge in [0.1, 0.15) is 5.65 Å². The summed E-state index contributed by atoms with van der Waals surface area (Å²) < 4.78 is 9.64. The number of rotatable bonds is 7. The Morgan fingerprint density at radius 2 is 1.94 bits per heavy atom. The number of fused-ring (bicyclic) bond motifs is 1. The van der Waals surface area contributed by atoms with E-state index in [1.54, 1.807) is 6.26 Å². The second-order valence-electron chi connectivity index (χ2n) is 8.55. The number of pyridine rings is 1. The molecule has 4 aromatic rings. The standard InChI is InChI=1S/C24H29N7O2S/c1-4-30-23(20-6-5-13-33-20)26-27-24(30)34-16-22(32)29-11-9-28(10-12-29)15-19-18(3)25-21-8-7-17(2)14-31(19)21/h5-8,13-14H,4,9-12,15-16H2,1-3H3. The number of aromatic nitrogens is 5. The van der Waals surface area contributed by atoms with E-state index in [0.29, 0.717) is 23.9 Å². The van der Waals surface area contributed by atoms with Crippen LogP contribution >= 0.6 is 11.8 Å². The van der Waals surface area contributed by atoms with Crippen molar-refractivity contribution in [3.63, 3.8) is 0 Å². The molecule has 178 valence electrons. The van der Waals surface area contributed by atoms with Crippen molar-refractivity contribution in [1.29, 1.82) is 0 Å². The lowest BCUT2D eigenvalue weighted by Crippen LogP contribution is -2.49. The van der Waals surface area contributed by atoms with E-state index in [2.05, 4.69) is 51.7 Å². The average Bonchev–Trinajstić information content (AvgIpc) is 3.57. The van der Waals surface area contributed by atoms with Gasteiger partial charge in [0.15, 0.2) is 16.7 Å². The van der Waals surface area contributed by atoms with Gasteiger partial charge in [0.05, 0.1) is 23.4 Å². The molecular weight excluding hydrogens is 450 g/mol. The van der Waals surface area contributed by atoms with Crippen molar-refractivity contribution in [2.45, 2.75) is 39.0 Å². The molecule has 10 heteroatoms. The van der Waals surface area contributed by atoms with Gasteiger partial charge < -0.3 is 13.7 Å². The van der Waals surface area contributed by atoms with Crippen LogP contribution in [0.4, 0.5) is 0 Å². The zero-order valence-electron chi connectivity index (χ0n) is 19.8. The highest BCUT2D eigenvalue weighted by atomic mass is 32.2. The van der Waals surface area contributed by atoms with Gasteiger partial charge in [-0.1, -0.05) is 17.8 Å². The van der Waals surface area contributed by atoms with Crippen LogP contribution in [0.2, 0.25) is 0 Å². The van der Waals surface area contributed by atoms with Gasteiger partial charge >= 0.3 is 0 Å². The molecular formula is C24H29N7O2S. The molecule has 0 aromatic carbocycles. The number of carbonyl (C=O) groups excluding carboxylic acids is 1. The van der Waals surface area contributed by atoms with Crippen LogP contribution in [-0.2, 0) is 17.9 Å². The Labute approximate surface area is 202 Å². The second kappa shape index (κ2) is 9.63. The molecule has 0 saturated carbocycles. The van der Waals surface area contributed by atoms with Crippen molar-refractivity contribution in [3.8, 4) is 11.6 Å². The smallest absolute Gasteiger partial charge is 0.233 e. The normalized spacial score (nSPS) is 14.9. The quantitative estimate of drug-likeness (QED) is 0.376. The molecule has 0 radical (unpaired) electrons. The lowest BCUT2D eigenvalue weighted by Gasteiger charge is -2.34. The molecule has 1 fully saturated rings. The largest absolute Gasteiger partial charge is 0.461 e. The van der Waals surface area contributed by atoms with E-state index in [4.69, 9.17) is 9.40 Å². The number of imidazole rings is 1. The molecule has 1 aliphatic rings. The number of thioether (sulfide) groups is 1. The highest BCUT2D eigenvalue weighted by molar-refractivity contribution is 7.99. The Hall–Kier alpha value is -3.11. The molecule has 1 amide bonds. The van der Waals surface area contributed by atoms with Gasteiger partial charge in [-0.25, -0.2) is 4.98 Å². The van der Waals surface area contributed by atoms with Gasteiger partial charge in [-0.2, -0.15) is 0 Å². The first-order valence-corrected chi connectivity index (χ1v) is 12.6. The highest BCUT2D eigenvalue weighted by Crippen LogP contribution is 2.25. The summed E-state index contributed by atoms with van der Waals surface area (Å²) in [7, 11) is 0. The fourth-order valence-electron chi connectivity index (χ4n) is 4.36. The molecule has 4 aromatic heterocycles. The van der Waals surface area contributed by atoms with Gasteiger partial charge in [-0.3, -0.25) is 14.3 Å². The molecule has 0 unspecified atom stereocenters. The Balaban J connectivity index is 1.17. The van der Waals surface area contributed by atoms with E-state index in [0.717, 1.165) is 49.2 Å². The fraction of sp³-hybridized carbons (Fsp3) is 0.417. The molecule has 0 spiro atoms. The third kappa shape index (κ3) is 4.47. The molecule has 0 aliphatic carbocycles. The number of piperazine rings is 1. The maximum atomic E-state index is 12.9. The molecule has 9 nitrogen and oxygen atoms in total. The summed E-state index contributed by atoms with van der Waals surface area (Å²) >= 11 is 1.43. The summed E-state index contributed by atoms with van der Waals surface area (Å²) in [5, 5.41) is 9.28. The first-order valence-electron chi connectivity index (χ1n) is 11.6. The van der Waals surface area contributed by atoms with Crippen LogP contribution < -0.4 is 0 Å². The molecule has 1 aliphatic heterocycles. The van der Waals surface area contributed by atoms with E-state index in [9.17, 15) is 4.79 Å². The fourth-order valence-corrected chi connectivity index (χ4v) is 5.27. The first-order chi connectivity index (χ1) is 16.5.